The average Bonchev–Trinajstić information content (AvgIpc) is 2.87. The summed E-state index contributed by atoms with van der Waals surface area (Å²) in [4.78, 5) is 13.7. The van der Waals surface area contributed by atoms with Gasteiger partial charge in [0, 0.05) is 13.1 Å². The Bertz CT molecular complexity index is 260. The molecule has 92 valence electrons. The zero-order valence-corrected chi connectivity index (χ0v) is 9.82. The van der Waals surface area contributed by atoms with Crippen molar-refractivity contribution in [2.24, 2.45) is 11.8 Å². The fourth-order valence-corrected chi connectivity index (χ4v) is 2.61. The van der Waals surface area contributed by atoms with Crippen molar-refractivity contribution in [3.63, 3.8) is 0 Å². The summed E-state index contributed by atoms with van der Waals surface area (Å²) < 4.78 is 5.68. The van der Waals surface area contributed by atoms with Crippen LogP contribution in [0, 0.1) is 5.92 Å². The third-order valence-electron chi connectivity index (χ3n) is 3.51. The van der Waals surface area contributed by atoms with Gasteiger partial charge in [-0.2, -0.15) is 0 Å². The van der Waals surface area contributed by atoms with Gasteiger partial charge >= 0.3 is 0 Å². The van der Waals surface area contributed by atoms with E-state index in [1.165, 1.54) is 6.42 Å². The van der Waals surface area contributed by atoms with Crippen LogP contribution in [0.1, 0.15) is 26.2 Å². The van der Waals surface area contributed by atoms with Crippen molar-refractivity contribution in [2.45, 2.75) is 38.4 Å². The van der Waals surface area contributed by atoms with Crippen LogP contribution < -0.4 is 11.3 Å². The first-order valence-corrected chi connectivity index (χ1v) is 6.07. The third kappa shape index (κ3) is 2.72. The number of nitrogens with two attached hydrogens (primary N) is 1. The minimum Gasteiger partial charge on any atom is -0.364 e. The molecular weight excluding hydrogens is 206 g/mol. The molecule has 1 amide bonds. The molecule has 5 heteroatoms. The number of rotatable bonds is 3. The molecule has 0 bridgehead atoms. The topological polar surface area (TPSA) is 67.6 Å². The molecule has 0 aromatic carbocycles. The SMILES string of the molecule is CC1CCN(CC2CCC(C(=O)NN)O2)C1. The van der Waals surface area contributed by atoms with Gasteiger partial charge in [0.15, 0.2) is 0 Å². The molecule has 2 aliphatic heterocycles. The lowest BCUT2D eigenvalue weighted by Gasteiger charge is -2.20. The first kappa shape index (κ1) is 11.8. The first-order chi connectivity index (χ1) is 7.69. The highest BCUT2D eigenvalue weighted by atomic mass is 16.5. The maximum Gasteiger partial charge on any atom is 0.263 e. The monoisotopic (exact) mass is 227 g/mol. The molecule has 3 atom stereocenters. The van der Waals surface area contributed by atoms with Crippen molar-refractivity contribution in [3.8, 4) is 0 Å². The van der Waals surface area contributed by atoms with Gasteiger partial charge in [0.1, 0.15) is 6.10 Å². The maximum atomic E-state index is 11.3. The van der Waals surface area contributed by atoms with Crippen molar-refractivity contribution >= 4 is 5.91 Å². The fraction of sp³-hybridized carbons (Fsp3) is 0.909. The highest BCUT2D eigenvalue weighted by molar-refractivity contribution is 5.80. The quantitative estimate of drug-likeness (QED) is 0.400. The summed E-state index contributed by atoms with van der Waals surface area (Å²) in [5, 5.41) is 0. The number of carbonyl (C=O) groups is 1. The number of hydrogen-bond acceptors (Lipinski definition) is 4. The van der Waals surface area contributed by atoms with Crippen LogP contribution in [0.2, 0.25) is 0 Å². The van der Waals surface area contributed by atoms with E-state index >= 15 is 0 Å². The number of nitrogens with zero attached hydrogens (tertiary/aromatic N) is 1. The standard InChI is InChI=1S/C11H21N3O2/c1-8-4-5-14(6-8)7-9-2-3-10(16-9)11(15)13-12/h8-10H,2-7,12H2,1H3,(H,13,15). The summed E-state index contributed by atoms with van der Waals surface area (Å²) in [5.41, 5.74) is 2.15. The van der Waals surface area contributed by atoms with E-state index in [9.17, 15) is 4.79 Å². The number of amides is 1. The third-order valence-corrected chi connectivity index (χ3v) is 3.51. The van der Waals surface area contributed by atoms with E-state index in [4.69, 9.17) is 10.6 Å². The molecule has 0 aliphatic carbocycles. The summed E-state index contributed by atoms with van der Waals surface area (Å²) in [6.45, 7) is 5.56. The zero-order valence-electron chi connectivity index (χ0n) is 9.82. The normalized spacial score (nSPS) is 35.5. The lowest BCUT2D eigenvalue weighted by Crippen LogP contribution is -2.40. The Balaban J connectivity index is 1.74. The number of ether oxygens (including phenoxy) is 1. The van der Waals surface area contributed by atoms with Gasteiger partial charge in [0.2, 0.25) is 0 Å². The summed E-state index contributed by atoms with van der Waals surface area (Å²) in [6, 6.07) is 0. The molecule has 5 nitrogen and oxygen atoms in total. The summed E-state index contributed by atoms with van der Waals surface area (Å²) in [7, 11) is 0. The molecule has 3 N–H and O–H groups in total. The summed E-state index contributed by atoms with van der Waals surface area (Å²) in [5.74, 6) is 5.69. The highest BCUT2D eigenvalue weighted by Gasteiger charge is 2.32. The molecule has 2 rings (SSSR count). The Labute approximate surface area is 96.3 Å². The molecule has 2 fully saturated rings. The summed E-state index contributed by atoms with van der Waals surface area (Å²) >= 11 is 0. The molecule has 2 aliphatic rings. The van der Waals surface area contributed by atoms with Crippen LogP contribution in [-0.4, -0.2) is 42.6 Å². The van der Waals surface area contributed by atoms with Gasteiger partial charge < -0.3 is 9.64 Å². The molecule has 2 saturated heterocycles. The van der Waals surface area contributed by atoms with Crippen LogP contribution in [0.4, 0.5) is 0 Å². The average molecular weight is 227 g/mol. The van der Waals surface area contributed by atoms with Crippen LogP contribution in [-0.2, 0) is 9.53 Å². The smallest absolute Gasteiger partial charge is 0.263 e. The molecule has 0 radical (unpaired) electrons. The number of likely N-dealkylation sites (tertiary alicyclic amines) is 1. The van der Waals surface area contributed by atoms with Gasteiger partial charge in [-0.05, 0) is 31.7 Å². The Morgan fingerprint density at radius 1 is 1.50 bits per heavy atom. The second-order valence-corrected chi connectivity index (χ2v) is 4.99. The van der Waals surface area contributed by atoms with Crippen molar-refractivity contribution in [3.05, 3.63) is 0 Å². The maximum absolute atomic E-state index is 11.3. The van der Waals surface area contributed by atoms with Crippen molar-refractivity contribution in [1.29, 1.82) is 0 Å². The van der Waals surface area contributed by atoms with E-state index in [-0.39, 0.29) is 18.1 Å². The van der Waals surface area contributed by atoms with Gasteiger partial charge in [0.25, 0.3) is 5.91 Å². The molecule has 0 saturated carbocycles. The molecule has 0 aromatic rings. The molecule has 3 unspecified atom stereocenters. The van der Waals surface area contributed by atoms with Crippen LogP contribution in [0.3, 0.4) is 0 Å². The summed E-state index contributed by atoms with van der Waals surface area (Å²) in [6.07, 6.45) is 2.89. The number of hydrazine groups is 1. The Morgan fingerprint density at radius 2 is 2.31 bits per heavy atom. The van der Waals surface area contributed by atoms with Crippen LogP contribution >= 0.6 is 0 Å². The highest BCUT2D eigenvalue weighted by Crippen LogP contribution is 2.23. The Kier molecular flexibility index (Phi) is 3.78. The number of hydrogen-bond donors (Lipinski definition) is 2. The Morgan fingerprint density at radius 3 is 2.94 bits per heavy atom. The van der Waals surface area contributed by atoms with Crippen LogP contribution in [0.25, 0.3) is 0 Å². The van der Waals surface area contributed by atoms with E-state index in [1.807, 2.05) is 0 Å². The number of nitrogens with one attached hydrogen (secondary N) is 1. The second kappa shape index (κ2) is 5.12. The fourth-order valence-electron chi connectivity index (χ4n) is 2.61. The largest absolute Gasteiger partial charge is 0.364 e. The van der Waals surface area contributed by atoms with Gasteiger partial charge in [-0.15, -0.1) is 0 Å². The molecule has 0 aromatic heterocycles. The van der Waals surface area contributed by atoms with E-state index in [0.717, 1.165) is 38.4 Å². The van der Waals surface area contributed by atoms with Crippen molar-refractivity contribution in [2.75, 3.05) is 19.6 Å². The van der Waals surface area contributed by atoms with Crippen molar-refractivity contribution < 1.29 is 9.53 Å². The predicted octanol–water partition coefficient (Wildman–Crippen LogP) is -0.134. The van der Waals surface area contributed by atoms with E-state index in [2.05, 4.69) is 17.2 Å². The minimum absolute atomic E-state index is 0.197. The Hall–Kier alpha value is -0.650. The van der Waals surface area contributed by atoms with Gasteiger partial charge in [-0.1, -0.05) is 6.92 Å². The van der Waals surface area contributed by atoms with Gasteiger partial charge in [-0.25, -0.2) is 5.84 Å². The first-order valence-electron chi connectivity index (χ1n) is 6.07. The minimum atomic E-state index is -0.338. The lowest BCUT2D eigenvalue weighted by atomic mass is 10.2. The van der Waals surface area contributed by atoms with Crippen molar-refractivity contribution in [1.82, 2.24) is 10.3 Å². The van der Waals surface area contributed by atoms with E-state index < -0.39 is 0 Å². The van der Waals surface area contributed by atoms with E-state index in [1.54, 1.807) is 0 Å². The van der Waals surface area contributed by atoms with E-state index in [0.29, 0.717) is 0 Å². The van der Waals surface area contributed by atoms with Crippen LogP contribution in [0.15, 0.2) is 0 Å². The number of carbonyl (C=O) groups excluding carboxylic acids is 1. The van der Waals surface area contributed by atoms with Gasteiger partial charge in [-0.3, -0.25) is 10.2 Å². The predicted molar refractivity (Wildman–Crippen MR) is 60.4 cm³/mol. The molecule has 16 heavy (non-hydrogen) atoms. The van der Waals surface area contributed by atoms with Crippen LogP contribution in [0.5, 0.6) is 0 Å². The molecule has 2 heterocycles. The molecule has 0 spiro atoms. The molecular formula is C11H21N3O2. The second-order valence-electron chi connectivity index (χ2n) is 4.99. The van der Waals surface area contributed by atoms with Gasteiger partial charge in [0.05, 0.1) is 6.10 Å². The zero-order chi connectivity index (χ0) is 11.5. The lowest BCUT2D eigenvalue weighted by molar-refractivity contribution is -0.132.